The fourth-order valence-corrected chi connectivity index (χ4v) is 7.85. The Morgan fingerprint density at radius 3 is 2.50 bits per heavy atom. The molecule has 274 valence electrons. The van der Waals surface area contributed by atoms with Gasteiger partial charge in [0.2, 0.25) is 22.2 Å². The van der Waals surface area contributed by atoms with Crippen molar-refractivity contribution in [2.75, 3.05) is 47.1 Å². The summed E-state index contributed by atoms with van der Waals surface area (Å²) in [4.78, 5) is 29.5. The van der Waals surface area contributed by atoms with E-state index >= 15 is 0 Å². The van der Waals surface area contributed by atoms with Crippen molar-refractivity contribution in [2.45, 2.75) is 36.9 Å². The molecule has 3 aromatic carbocycles. The van der Waals surface area contributed by atoms with Crippen LogP contribution in [0.15, 0.2) is 95.9 Å². The summed E-state index contributed by atoms with van der Waals surface area (Å²) >= 11 is 0. The average Bonchev–Trinajstić information content (AvgIpc) is 3.76. The van der Waals surface area contributed by atoms with Gasteiger partial charge in [0.1, 0.15) is 11.5 Å². The number of aromatic nitrogens is 2. The number of fused-ring (bicyclic) bond motifs is 2. The molecule has 52 heavy (non-hydrogen) atoms. The number of hydrogen-bond acceptors (Lipinski definition) is 9. The van der Waals surface area contributed by atoms with Gasteiger partial charge in [-0.3, -0.25) is 14.2 Å². The van der Waals surface area contributed by atoms with Crippen molar-refractivity contribution in [1.82, 2.24) is 19.2 Å². The van der Waals surface area contributed by atoms with Crippen LogP contribution in [-0.2, 0) is 30.7 Å². The van der Waals surface area contributed by atoms with Gasteiger partial charge in [-0.05, 0) is 72.2 Å². The quantitative estimate of drug-likeness (QED) is 0.140. The molecule has 1 aliphatic heterocycles. The predicted molar refractivity (Wildman–Crippen MR) is 195 cm³/mol. The summed E-state index contributed by atoms with van der Waals surface area (Å²) in [7, 11) is -0.862. The second-order valence-electron chi connectivity index (χ2n) is 12.3. The molecule has 0 fully saturated rings. The van der Waals surface area contributed by atoms with Gasteiger partial charge in [-0.2, -0.15) is 4.31 Å². The molecule has 2 aromatic heterocycles. The first kappa shape index (κ1) is 36.6. The van der Waals surface area contributed by atoms with E-state index in [1.807, 2.05) is 48.7 Å². The highest BCUT2D eigenvalue weighted by molar-refractivity contribution is 7.89. The molecule has 0 unspecified atom stereocenters. The number of sulfonamides is 1. The Kier molecular flexibility index (Phi) is 11.3. The lowest BCUT2D eigenvalue weighted by Gasteiger charge is -2.30. The number of aliphatic hydroxyl groups is 1. The number of benzene rings is 3. The number of para-hydroxylation sites is 1. The lowest BCUT2D eigenvalue weighted by molar-refractivity contribution is -0.146. The minimum absolute atomic E-state index is 0.0475. The first-order valence-corrected chi connectivity index (χ1v) is 18.3. The monoisotopic (exact) mass is 730 g/mol. The van der Waals surface area contributed by atoms with E-state index in [1.54, 1.807) is 36.1 Å². The third kappa shape index (κ3) is 7.84. The van der Waals surface area contributed by atoms with Crippen LogP contribution in [0.2, 0.25) is 0 Å². The Bertz CT molecular complexity index is 2190. The van der Waals surface area contributed by atoms with Gasteiger partial charge < -0.3 is 34.4 Å². The summed E-state index contributed by atoms with van der Waals surface area (Å²) < 4.78 is 52.3. The maximum Gasteiger partial charge on any atom is 0.286 e. The topological polar surface area (TPSA) is 161 Å². The van der Waals surface area contributed by atoms with Gasteiger partial charge in [-0.15, -0.1) is 0 Å². The zero-order valence-electron chi connectivity index (χ0n) is 29.2. The molecular weight excluding hydrogens is 689 g/mol. The van der Waals surface area contributed by atoms with Crippen LogP contribution in [0.1, 0.15) is 35.2 Å². The van der Waals surface area contributed by atoms with E-state index in [-0.39, 0.29) is 42.2 Å². The standard InChI is InChI=1S/C38H42N4O9S/c1-25(44)42-24-33(31-6-4-5-7-35(31)42)27-20-36(38(45)39-15-14-26-23-40-34-13-10-29(49-3)22-32(26)34)51-37(21-27)50-19-17-41(16-18-43)52(46,47)30-11-8-28(48-2)9-12-30/h4-13,20,22-24,27,37,40,43H,14-19,21H2,1-3H3,(H,39,45)/t27-,37+/m0/s1. The van der Waals surface area contributed by atoms with Crippen LogP contribution in [0.5, 0.6) is 11.5 Å². The number of nitrogens with zero attached hydrogens (tertiary/aromatic N) is 2. The van der Waals surface area contributed by atoms with E-state index in [0.29, 0.717) is 25.1 Å². The number of aromatic amines is 1. The summed E-state index contributed by atoms with van der Waals surface area (Å²) in [6.45, 7) is 1.11. The molecular formula is C38H42N4O9S. The Labute approximate surface area is 301 Å². The maximum atomic E-state index is 13.6. The number of nitrogens with one attached hydrogen (secondary N) is 2. The van der Waals surface area contributed by atoms with Crippen LogP contribution in [-0.4, -0.2) is 92.6 Å². The first-order valence-electron chi connectivity index (χ1n) is 16.9. The summed E-state index contributed by atoms with van der Waals surface area (Å²) in [6, 6.07) is 19.3. The Hall–Kier alpha value is -5.15. The smallest absolute Gasteiger partial charge is 0.286 e. The Balaban J connectivity index is 1.20. The molecule has 0 bridgehead atoms. The van der Waals surface area contributed by atoms with E-state index in [4.69, 9.17) is 18.9 Å². The first-order chi connectivity index (χ1) is 25.1. The molecule has 6 rings (SSSR count). The fourth-order valence-electron chi connectivity index (χ4n) is 6.43. The number of hydrogen-bond donors (Lipinski definition) is 3. The molecule has 5 aromatic rings. The molecule has 13 nitrogen and oxygen atoms in total. The van der Waals surface area contributed by atoms with Gasteiger partial charge >= 0.3 is 0 Å². The van der Waals surface area contributed by atoms with Crippen LogP contribution in [0.25, 0.3) is 21.8 Å². The number of amides is 1. The highest BCUT2D eigenvalue weighted by Gasteiger charge is 2.32. The third-order valence-electron chi connectivity index (χ3n) is 9.11. The average molecular weight is 731 g/mol. The number of allylic oxidation sites excluding steroid dienone is 1. The molecule has 0 radical (unpaired) electrons. The van der Waals surface area contributed by atoms with Crippen molar-refractivity contribution in [3.63, 3.8) is 0 Å². The van der Waals surface area contributed by atoms with Gasteiger partial charge in [0, 0.05) is 67.6 Å². The molecule has 3 N–H and O–H groups in total. The van der Waals surface area contributed by atoms with Crippen molar-refractivity contribution in [1.29, 1.82) is 0 Å². The van der Waals surface area contributed by atoms with Gasteiger partial charge in [-0.1, -0.05) is 18.2 Å². The molecule has 14 heteroatoms. The Morgan fingerprint density at radius 2 is 1.77 bits per heavy atom. The number of carbonyl (C=O) groups excluding carboxylic acids is 2. The molecule has 0 aliphatic carbocycles. The highest BCUT2D eigenvalue weighted by Crippen LogP contribution is 2.36. The van der Waals surface area contributed by atoms with Gasteiger partial charge in [0.15, 0.2) is 5.76 Å². The van der Waals surface area contributed by atoms with Gasteiger partial charge in [-0.25, -0.2) is 8.42 Å². The largest absolute Gasteiger partial charge is 0.497 e. The number of aliphatic hydroxyl groups excluding tert-OH is 1. The van der Waals surface area contributed by atoms with E-state index in [0.717, 1.165) is 43.0 Å². The molecule has 0 spiro atoms. The highest BCUT2D eigenvalue weighted by atomic mass is 32.2. The van der Waals surface area contributed by atoms with Crippen molar-refractivity contribution < 1.29 is 42.1 Å². The second-order valence-corrected chi connectivity index (χ2v) is 14.3. The minimum Gasteiger partial charge on any atom is -0.497 e. The normalized spacial score (nSPS) is 16.1. The van der Waals surface area contributed by atoms with E-state index in [2.05, 4.69) is 10.3 Å². The van der Waals surface area contributed by atoms with Gasteiger partial charge in [0.25, 0.3) is 5.91 Å². The molecule has 1 aliphatic rings. The maximum absolute atomic E-state index is 13.6. The molecule has 2 atom stereocenters. The van der Waals surface area contributed by atoms with E-state index < -0.39 is 28.8 Å². The molecule has 0 saturated heterocycles. The zero-order valence-corrected chi connectivity index (χ0v) is 30.0. The Morgan fingerprint density at radius 1 is 1.02 bits per heavy atom. The van der Waals surface area contributed by atoms with Crippen LogP contribution in [0.3, 0.4) is 0 Å². The van der Waals surface area contributed by atoms with Crippen LogP contribution in [0.4, 0.5) is 0 Å². The van der Waals surface area contributed by atoms with Crippen LogP contribution >= 0.6 is 0 Å². The van der Waals surface area contributed by atoms with Crippen molar-refractivity contribution in [3.8, 4) is 11.5 Å². The molecule has 1 amide bonds. The molecule has 3 heterocycles. The number of rotatable bonds is 15. The second kappa shape index (κ2) is 16.0. The number of ether oxygens (including phenoxy) is 4. The summed E-state index contributed by atoms with van der Waals surface area (Å²) in [5.41, 5.74) is 3.54. The summed E-state index contributed by atoms with van der Waals surface area (Å²) in [6.07, 6.45) is 5.35. The predicted octanol–water partition coefficient (Wildman–Crippen LogP) is 4.57. The number of H-pyrrole nitrogens is 1. The minimum atomic E-state index is -3.97. The molecule has 0 saturated carbocycles. The SMILES string of the molecule is COc1ccc(S(=O)(=O)N(CCO)CCO[C@H]2C[C@@H](c3cn(C(C)=O)c4ccccc34)C=C(C(=O)NCCc3c[nH]c4ccc(OC)cc34)O2)cc1. The lowest BCUT2D eigenvalue weighted by Crippen LogP contribution is -2.38. The van der Waals surface area contributed by atoms with Crippen molar-refractivity contribution in [3.05, 3.63) is 102 Å². The zero-order chi connectivity index (χ0) is 36.8. The van der Waals surface area contributed by atoms with Crippen LogP contribution < -0.4 is 14.8 Å². The van der Waals surface area contributed by atoms with Crippen molar-refractivity contribution >= 4 is 43.6 Å². The summed E-state index contributed by atoms with van der Waals surface area (Å²) in [5, 5.41) is 14.5. The van der Waals surface area contributed by atoms with E-state index in [1.165, 1.54) is 26.2 Å². The number of carbonyl (C=O) groups is 2. The van der Waals surface area contributed by atoms with Crippen molar-refractivity contribution in [2.24, 2.45) is 0 Å². The summed E-state index contributed by atoms with van der Waals surface area (Å²) in [5.74, 6) is 0.343. The third-order valence-corrected chi connectivity index (χ3v) is 11.0. The number of methoxy groups -OCH3 is 2. The fraction of sp³-hybridized carbons (Fsp3) is 0.316. The van der Waals surface area contributed by atoms with E-state index in [9.17, 15) is 23.1 Å². The lowest BCUT2D eigenvalue weighted by atomic mass is 9.92. The van der Waals surface area contributed by atoms with Crippen LogP contribution in [0, 0.1) is 0 Å². The van der Waals surface area contributed by atoms with Gasteiger partial charge in [0.05, 0.1) is 37.8 Å².